The average Bonchev–Trinajstić information content (AvgIpc) is 2.71. The summed E-state index contributed by atoms with van der Waals surface area (Å²) in [6, 6.07) is 0. The number of hydrogen-bond donors (Lipinski definition) is 0. The van der Waals surface area contributed by atoms with Crippen LogP contribution in [0.3, 0.4) is 0 Å². The van der Waals surface area contributed by atoms with Crippen molar-refractivity contribution in [1.82, 2.24) is 0 Å². The molecule has 4 heterocycles. The zero-order chi connectivity index (χ0) is 23.5. The van der Waals surface area contributed by atoms with Gasteiger partial charge in [0.25, 0.3) is 0 Å². The van der Waals surface area contributed by atoms with E-state index in [0.717, 1.165) is 19.3 Å². The summed E-state index contributed by atoms with van der Waals surface area (Å²) in [7, 11) is -3.50. The summed E-state index contributed by atoms with van der Waals surface area (Å²) in [5.41, 5.74) is -0.239. The van der Waals surface area contributed by atoms with Gasteiger partial charge in [0, 0.05) is 16.2 Å². The van der Waals surface area contributed by atoms with Gasteiger partial charge in [-0.2, -0.15) is 0 Å². The van der Waals surface area contributed by atoms with Crippen molar-refractivity contribution >= 4 is 9.05 Å². The third-order valence-corrected chi connectivity index (χ3v) is 10.1. The number of ether oxygens (including phenoxy) is 4. The Morgan fingerprint density at radius 2 is 0.939 bits per heavy atom. The van der Waals surface area contributed by atoms with E-state index < -0.39 is 9.05 Å². The van der Waals surface area contributed by atoms with Crippen molar-refractivity contribution in [2.24, 2.45) is 21.7 Å². The van der Waals surface area contributed by atoms with Crippen LogP contribution < -0.4 is 0 Å². The normalized spacial score (nSPS) is 26.4. The highest BCUT2D eigenvalue weighted by Crippen LogP contribution is 2.38. The van der Waals surface area contributed by atoms with Crippen molar-refractivity contribution in [2.75, 3.05) is 79.3 Å². The molecule has 0 bridgehead atoms. The Hall–Kier alpha value is -0.363. The van der Waals surface area contributed by atoms with Gasteiger partial charge in [-0.3, -0.25) is 0 Å². The van der Waals surface area contributed by atoms with Gasteiger partial charge >= 0.3 is 9.05 Å². The molecule has 8 nitrogen and oxygen atoms in total. The van der Waals surface area contributed by atoms with Crippen LogP contribution in [0.2, 0.25) is 0 Å². The van der Waals surface area contributed by atoms with Gasteiger partial charge < -0.3 is 36.7 Å². The van der Waals surface area contributed by atoms with Crippen molar-refractivity contribution in [3.8, 4) is 0 Å². The standard InChI is InChI=1S/C24H42O8Si/c1-5-21(9-25-10-21)17-29-33(30-18-22(6-2)11-26-12-22,31-19-23(7-3)13-27-14-23)32-20-24(8-4)15-28-16-24/h5H,1,6-20H2,2-4H3. The molecule has 0 unspecified atom stereocenters. The Balaban J connectivity index is 1.52. The van der Waals surface area contributed by atoms with Crippen LogP contribution in [0.25, 0.3) is 0 Å². The van der Waals surface area contributed by atoms with Crippen LogP contribution in [0, 0.1) is 21.7 Å². The molecular weight excluding hydrogens is 444 g/mol. The molecule has 0 aromatic carbocycles. The van der Waals surface area contributed by atoms with Crippen LogP contribution in [0.4, 0.5) is 0 Å². The van der Waals surface area contributed by atoms with E-state index in [0.29, 0.717) is 79.3 Å². The van der Waals surface area contributed by atoms with Crippen molar-refractivity contribution in [2.45, 2.75) is 40.0 Å². The van der Waals surface area contributed by atoms with Crippen LogP contribution in [-0.2, 0) is 36.7 Å². The summed E-state index contributed by atoms with van der Waals surface area (Å²) in [5.74, 6) is 0. The fourth-order valence-electron chi connectivity index (χ4n) is 4.17. The highest BCUT2D eigenvalue weighted by atomic mass is 28.4. The lowest BCUT2D eigenvalue weighted by molar-refractivity contribution is -0.191. The third kappa shape index (κ3) is 5.41. The van der Waals surface area contributed by atoms with E-state index in [1.807, 2.05) is 6.08 Å². The lowest BCUT2D eigenvalue weighted by Gasteiger charge is -2.47. The fourth-order valence-corrected chi connectivity index (χ4v) is 6.58. The van der Waals surface area contributed by atoms with Crippen molar-refractivity contribution < 1.29 is 36.7 Å². The molecule has 4 aliphatic heterocycles. The first-order chi connectivity index (χ1) is 15.9. The molecule has 0 aromatic rings. The second kappa shape index (κ2) is 10.3. The van der Waals surface area contributed by atoms with Crippen LogP contribution in [0.15, 0.2) is 12.7 Å². The summed E-state index contributed by atoms with van der Waals surface area (Å²) in [5, 5.41) is 0. The first kappa shape index (κ1) is 25.7. The van der Waals surface area contributed by atoms with E-state index in [2.05, 4.69) is 27.4 Å². The molecule has 9 heteroatoms. The molecule has 33 heavy (non-hydrogen) atoms. The maximum atomic E-state index is 6.59. The van der Waals surface area contributed by atoms with Gasteiger partial charge in [-0.15, -0.1) is 6.58 Å². The van der Waals surface area contributed by atoms with E-state index >= 15 is 0 Å². The lowest BCUT2D eigenvalue weighted by Crippen LogP contribution is -2.60. The second-order valence-corrected chi connectivity index (χ2v) is 12.9. The largest absolute Gasteiger partial charge is 0.679 e. The van der Waals surface area contributed by atoms with E-state index in [1.54, 1.807) is 0 Å². The summed E-state index contributed by atoms with van der Waals surface area (Å²) in [6.45, 7) is 17.8. The average molecular weight is 487 g/mol. The summed E-state index contributed by atoms with van der Waals surface area (Å²) >= 11 is 0. The summed E-state index contributed by atoms with van der Waals surface area (Å²) in [4.78, 5) is 0. The molecule has 0 saturated carbocycles. The Morgan fingerprint density at radius 1 is 0.606 bits per heavy atom. The summed E-state index contributed by atoms with van der Waals surface area (Å²) < 4.78 is 48.3. The smallest absolute Gasteiger partial charge is 0.380 e. The van der Waals surface area contributed by atoms with Gasteiger partial charge in [0.15, 0.2) is 0 Å². The molecule has 0 spiro atoms. The van der Waals surface area contributed by atoms with Gasteiger partial charge in [-0.1, -0.05) is 26.8 Å². The lowest BCUT2D eigenvalue weighted by atomic mass is 9.84. The Bertz CT molecular complexity index is 574. The van der Waals surface area contributed by atoms with E-state index in [9.17, 15) is 0 Å². The zero-order valence-electron chi connectivity index (χ0n) is 20.7. The Kier molecular flexibility index (Phi) is 8.05. The molecule has 0 atom stereocenters. The molecule has 0 N–H and O–H groups in total. The molecule has 4 aliphatic rings. The number of rotatable bonds is 16. The third-order valence-electron chi connectivity index (χ3n) is 8.11. The van der Waals surface area contributed by atoms with Gasteiger partial charge in [0.05, 0.1) is 84.7 Å². The minimum Gasteiger partial charge on any atom is -0.380 e. The maximum Gasteiger partial charge on any atom is 0.679 e. The molecular formula is C24H42O8Si. The van der Waals surface area contributed by atoms with Crippen molar-refractivity contribution in [1.29, 1.82) is 0 Å². The molecule has 4 rings (SSSR count). The van der Waals surface area contributed by atoms with Gasteiger partial charge in [0.2, 0.25) is 0 Å². The van der Waals surface area contributed by atoms with Gasteiger partial charge in [-0.25, -0.2) is 0 Å². The highest BCUT2D eigenvalue weighted by Gasteiger charge is 2.55. The SMILES string of the molecule is C=CC1(CO[Si](OCC2(CC)COC2)(OCC2(CC)COC2)OCC2(CC)COC2)COC1. The number of hydrogen-bond acceptors (Lipinski definition) is 8. The van der Waals surface area contributed by atoms with E-state index in [4.69, 9.17) is 36.7 Å². The van der Waals surface area contributed by atoms with Crippen LogP contribution >= 0.6 is 0 Å². The van der Waals surface area contributed by atoms with Crippen LogP contribution in [0.5, 0.6) is 0 Å². The quantitative estimate of drug-likeness (QED) is 0.244. The van der Waals surface area contributed by atoms with Crippen molar-refractivity contribution in [3.05, 3.63) is 12.7 Å². The molecule has 190 valence electrons. The molecule has 0 aliphatic carbocycles. The van der Waals surface area contributed by atoms with Crippen LogP contribution in [0.1, 0.15) is 40.0 Å². The first-order valence-corrected chi connectivity index (χ1v) is 14.0. The predicted octanol–water partition coefficient (Wildman–Crippen LogP) is 2.97. The van der Waals surface area contributed by atoms with Crippen LogP contribution in [-0.4, -0.2) is 88.3 Å². The van der Waals surface area contributed by atoms with Gasteiger partial charge in [-0.05, 0) is 19.3 Å². The Morgan fingerprint density at radius 3 is 1.15 bits per heavy atom. The Labute approximate surface area is 199 Å². The molecule has 0 radical (unpaired) electrons. The molecule has 0 aromatic heterocycles. The first-order valence-electron chi connectivity index (χ1n) is 12.4. The molecule has 4 fully saturated rings. The van der Waals surface area contributed by atoms with E-state index in [-0.39, 0.29) is 21.7 Å². The zero-order valence-corrected chi connectivity index (χ0v) is 21.7. The second-order valence-electron chi connectivity index (χ2n) is 10.8. The fraction of sp³-hybridized carbons (Fsp3) is 0.917. The predicted molar refractivity (Wildman–Crippen MR) is 124 cm³/mol. The topological polar surface area (TPSA) is 73.8 Å². The van der Waals surface area contributed by atoms with E-state index in [1.165, 1.54) is 0 Å². The molecule has 0 amide bonds. The monoisotopic (exact) mass is 486 g/mol. The maximum absolute atomic E-state index is 6.59. The van der Waals surface area contributed by atoms with Gasteiger partial charge in [0.1, 0.15) is 0 Å². The molecule has 4 saturated heterocycles. The summed E-state index contributed by atoms with van der Waals surface area (Å²) in [6.07, 6.45) is 4.84. The minimum atomic E-state index is -3.50. The minimum absolute atomic E-state index is 0.00587. The highest BCUT2D eigenvalue weighted by molar-refractivity contribution is 6.53. The van der Waals surface area contributed by atoms with Crippen molar-refractivity contribution in [3.63, 3.8) is 0 Å².